The predicted octanol–water partition coefficient (Wildman–Crippen LogP) is 0.942. The van der Waals surface area contributed by atoms with E-state index in [-0.39, 0.29) is 11.5 Å². The van der Waals surface area contributed by atoms with Crippen LogP contribution in [0.25, 0.3) is 16.7 Å². The van der Waals surface area contributed by atoms with E-state index in [1.165, 1.54) is 0 Å². The van der Waals surface area contributed by atoms with Crippen molar-refractivity contribution in [3.05, 3.63) is 51.8 Å². The molecule has 1 aliphatic rings. The zero-order valence-electron chi connectivity index (χ0n) is 18.9. The third-order valence-electron chi connectivity index (χ3n) is 6.03. The molecule has 1 fully saturated rings. The molecule has 1 aliphatic heterocycles. The molecule has 0 atom stereocenters. The van der Waals surface area contributed by atoms with Gasteiger partial charge in [0.25, 0.3) is 5.56 Å². The highest BCUT2D eigenvalue weighted by Gasteiger charge is 2.22. The van der Waals surface area contributed by atoms with Crippen molar-refractivity contribution < 1.29 is 9.32 Å². The molecule has 5 rings (SSSR count). The number of fused-ring (bicyclic) bond motifs is 3. The van der Waals surface area contributed by atoms with Crippen LogP contribution in [-0.2, 0) is 18.4 Å². The van der Waals surface area contributed by atoms with E-state index in [9.17, 15) is 9.59 Å². The summed E-state index contributed by atoms with van der Waals surface area (Å²) in [7, 11) is 1.72. The minimum Gasteiger partial charge on any atom is -0.360 e. The topological polar surface area (TPSA) is 114 Å². The largest absolute Gasteiger partial charge is 0.360 e. The number of benzene rings is 1. The average Bonchev–Trinajstić information content (AvgIpc) is 3.39. The molecule has 0 spiro atoms. The number of piperazine rings is 1. The van der Waals surface area contributed by atoms with E-state index < -0.39 is 0 Å². The molecule has 1 N–H and O–H groups in total. The molecule has 0 radical (unpaired) electrons. The summed E-state index contributed by atoms with van der Waals surface area (Å²) < 4.78 is 8.49. The standard InChI is InChI=1S/C22H26N8O3/c1-14-4-5-17-16(10-14)21(32)27(3)22-25-24-19(30(17)22)12-28-6-8-29(9-7-28)13-20(31)23-18-11-15(2)33-26-18/h4-5,10-11H,6-9,12-13H2,1-3H3,(H,23,26,31). The maximum absolute atomic E-state index is 12.8. The summed E-state index contributed by atoms with van der Waals surface area (Å²) >= 11 is 0. The van der Waals surface area contributed by atoms with Crippen LogP contribution in [0.4, 0.5) is 5.82 Å². The van der Waals surface area contributed by atoms with Gasteiger partial charge in [-0.1, -0.05) is 16.8 Å². The summed E-state index contributed by atoms with van der Waals surface area (Å²) in [6, 6.07) is 7.55. The lowest BCUT2D eigenvalue weighted by atomic mass is 10.1. The molecule has 4 aromatic rings. The van der Waals surface area contributed by atoms with E-state index >= 15 is 0 Å². The number of aryl methyl sites for hydroxylation is 3. The highest BCUT2D eigenvalue weighted by molar-refractivity contribution is 5.91. The Kier molecular flexibility index (Phi) is 5.43. The van der Waals surface area contributed by atoms with Crippen LogP contribution in [0.5, 0.6) is 0 Å². The van der Waals surface area contributed by atoms with Crippen LogP contribution in [0.3, 0.4) is 0 Å². The first-order valence-corrected chi connectivity index (χ1v) is 10.9. The quantitative estimate of drug-likeness (QED) is 0.478. The molecule has 0 unspecified atom stereocenters. The number of carbonyl (C=O) groups is 1. The first-order chi connectivity index (χ1) is 15.9. The van der Waals surface area contributed by atoms with E-state index in [2.05, 4.69) is 30.5 Å². The third kappa shape index (κ3) is 4.12. The summed E-state index contributed by atoms with van der Waals surface area (Å²) in [5, 5.41) is 15.9. The van der Waals surface area contributed by atoms with Gasteiger partial charge < -0.3 is 9.84 Å². The molecule has 0 saturated carbocycles. The number of nitrogens with zero attached hydrogens (tertiary/aromatic N) is 7. The summed E-state index contributed by atoms with van der Waals surface area (Å²) in [4.78, 5) is 29.4. The van der Waals surface area contributed by atoms with Crippen molar-refractivity contribution >= 4 is 28.4 Å². The zero-order valence-corrected chi connectivity index (χ0v) is 18.9. The Morgan fingerprint density at radius 2 is 1.85 bits per heavy atom. The lowest BCUT2D eigenvalue weighted by molar-refractivity contribution is -0.117. The molecular formula is C22H26N8O3. The normalized spacial score (nSPS) is 15.5. The van der Waals surface area contributed by atoms with Crippen LogP contribution < -0.4 is 10.9 Å². The third-order valence-corrected chi connectivity index (χ3v) is 6.03. The monoisotopic (exact) mass is 450 g/mol. The van der Waals surface area contributed by atoms with E-state index in [1.54, 1.807) is 24.6 Å². The molecule has 0 aliphatic carbocycles. The molecule has 33 heavy (non-hydrogen) atoms. The number of nitrogens with one attached hydrogen (secondary N) is 1. The molecule has 1 aromatic carbocycles. The van der Waals surface area contributed by atoms with Crippen molar-refractivity contribution in [2.24, 2.45) is 7.05 Å². The van der Waals surface area contributed by atoms with Crippen LogP contribution in [0, 0.1) is 13.8 Å². The summed E-state index contributed by atoms with van der Waals surface area (Å²) in [6.07, 6.45) is 0. The Hall–Kier alpha value is -3.57. The van der Waals surface area contributed by atoms with Gasteiger partial charge in [-0.2, -0.15) is 0 Å². The van der Waals surface area contributed by atoms with Gasteiger partial charge in [0.05, 0.1) is 24.0 Å². The number of anilines is 1. The van der Waals surface area contributed by atoms with Gasteiger partial charge in [0.1, 0.15) is 5.76 Å². The van der Waals surface area contributed by atoms with Gasteiger partial charge in [-0.25, -0.2) is 0 Å². The van der Waals surface area contributed by atoms with Gasteiger partial charge in [-0.15, -0.1) is 10.2 Å². The minimum atomic E-state index is -0.108. The zero-order chi connectivity index (χ0) is 23.1. The Balaban J connectivity index is 1.27. The number of aromatic nitrogens is 5. The minimum absolute atomic E-state index is 0.0761. The van der Waals surface area contributed by atoms with Crippen molar-refractivity contribution in [3.8, 4) is 0 Å². The smallest absolute Gasteiger partial charge is 0.262 e. The van der Waals surface area contributed by atoms with E-state index in [1.807, 2.05) is 29.5 Å². The van der Waals surface area contributed by atoms with Crippen LogP contribution in [-0.4, -0.2) is 72.8 Å². The van der Waals surface area contributed by atoms with Gasteiger partial charge in [0.2, 0.25) is 11.7 Å². The van der Waals surface area contributed by atoms with Crippen molar-refractivity contribution in [3.63, 3.8) is 0 Å². The fourth-order valence-electron chi connectivity index (χ4n) is 4.28. The number of carbonyl (C=O) groups excluding carboxylic acids is 1. The lowest BCUT2D eigenvalue weighted by Crippen LogP contribution is -2.48. The molecule has 172 valence electrons. The first kappa shape index (κ1) is 21.3. The van der Waals surface area contributed by atoms with Crippen LogP contribution in [0.1, 0.15) is 17.1 Å². The number of hydrogen-bond acceptors (Lipinski definition) is 8. The Morgan fingerprint density at radius 1 is 1.09 bits per heavy atom. The molecule has 4 heterocycles. The average molecular weight is 451 g/mol. The fraction of sp³-hybridized carbons (Fsp3) is 0.409. The van der Waals surface area contributed by atoms with Gasteiger partial charge in [-0.05, 0) is 26.0 Å². The van der Waals surface area contributed by atoms with Gasteiger partial charge >= 0.3 is 0 Å². The number of rotatable bonds is 5. The van der Waals surface area contributed by atoms with Gasteiger partial charge in [0, 0.05) is 39.3 Å². The molecule has 11 nitrogen and oxygen atoms in total. The number of hydrogen-bond donors (Lipinski definition) is 1. The maximum atomic E-state index is 12.8. The lowest BCUT2D eigenvalue weighted by Gasteiger charge is -2.33. The Bertz CT molecular complexity index is 1390. The molecule has 11 heteroatoms. The van der Waals surface area contributed by atoms with E-state index in [4.69, 9.17) is 4.52 Å². The molecule has 3 aromatic heterocycles. The summed E-state index contributed by atoms with van der Waals surface area (Å²) in [5.41, 5.74) is 1.78. The first-order valence-electron chi connectivity index (χ1n) is 10.9. The molecule has 1 amide bonds. The number of amides is 1. The molecule has 0 bridgehead atoms. The van der Waals surface area contributed by atoms with Crippen molar-refractivity contribution in [2.75, 3.05) is 38.0 Å². The van der Waals surface area contributed by atoms with E-state index in [0.717, 1.165) is 43.1 Å². The van der Waals surface area contributed by atoms with Gasteiger partial charge in [-0.3, -0.25) is 28.4 Å². The Labute approximate surface area is 189 Å². The van der Waals surface area contributed by atoms with Crippen molar-refractivity contribution in [1.82, 2.24) is 34.1 Å². The van der Waals surface area contributed by atoms with Crippen molar-refractivity contribution in [2.45, 2.75) is 20.4 Å². The van der Waals surface area contributed by atoms with Crippen LogP contribution in [0.2, 0.25) is 0 Å². The predicted molar refractivity (Wildman–Crippen MR) is 122 cm³/mol. The Morgan fingerprint density at radius 3 is 2.58 bits per heavy atom. The van der Waals surface area contributed by atoms with Crippen molar-refractivity contribution in [1.29, 1.82) is 0 Å². The fourth-order valence-corrected chi connectivity index (χ4v) is 4.28. The summed E-state index contributed by atoms with van der Waals surface area (Å²) in [6.45, 7) is 7.80. The second-order valence-corrected chi connectivity index (χ2v) is 8.56. The highest BCUT2D eigenvalue weighted by Crippen LogP contribution is 2.17. The van der Waals surface area contributed by atoms with Gasteiger partial charge in [0.15, 0.2) is 11.6 Å². The van der Waals surface area contributed by atoms with E-state index in [0.29, 0.717) is 35.8 Å². The molecular weight excluding hydrogens is 424 g/mol. The van der Waals surface area contributed by atoms with Crippen LogP contribution in [0.15, 0.2) is 33.6 Å². The summed E-state index contributed by atoms with van der Waals surface area (Å²) in [5.74, 6) is 2.31. The second-order valence-electron chi connectivity index (χ2n) is 8.56. The second kappa shape index (κ2) is 8.41. The molecule has 1 saturated heterocycles. The SMILES string of the molecule is Cc1ccc2c(c1)c(=O)n(C)c1nnc(CN3CCN(CC(=O)Nc4cc(C)on4)CC3)n21. The van der Waals surface area contributed by atoms with Crippen LogP contribution >= 0.6 is 0 Å². The maximum Gasteiger partial charge on any atom is 0.262 e. The highest BCUT2D eigenvalue weighted by atomic mass is 16.5.